The highest BCUT2D eigenvalue weighted by molar-refractivity contribution is 5.95. The molecule has 2 rings (SSSR count). The van der Waals surface area contributed by atoms with Gasteiger partial charge >= 0.3 is 11.7 Å². The van der Waals surface area contributed by atoms with Crippen molar-refractivity contribution in [3.63, 3.8) is 0 Å². The van der Waals surface area contributed by atoms with E-state index in [1.54, 1.807) is 19.2 Å². The predicted molar refractivity (Wildman–Crippen MR) is 76.9 cm³/mol. The first-order chi connectivity index (χ1) is 10.0. The summed E-state index contributed by atoms with van der Waals surface area (Å²) in [6.07, 6.45) is 1.75. The van der Waals surface area contributed by atoms with Gasteiger partial charge in [-0.1, -0.05) is 6.07 Å². The number of benzene rings is 1. The van der Waals surface area contributed by atoms with E-state index < -0.39 is 10.9 Å². The van der Waals surface area contributed by atoms with Crippen molar-refractivity contribution >= 4 is 17.3 Å². The molecule has 0 aromatic heterocycles. The predicted octanol–water partition coefficient (Wildman–Crippen LogP) is 2.16. The summed E-state index contributed by atoms with van der Waals surface area (Å²) >= 11 is 0. The van der Waals surface area contributed by atoms with Crippen molar-refractivity contribution in [3.05, 3.63) is 33.9 Å². The molecule has 0 saturated carbocycles. The highest BCUT2D eigenvalue weighted by Gasteiger charge is 2.29. The van der Waals surface area contributed by atoms with Crippen LogP contribution in [0.1, 0.15) is 23.2 Å². The number of methoxy groups -OCH3 is 1. The van der Waals surface area contributed by atoms with Crippen LogP contribution in [0.5, 0.6) is 0 Å². The minimum atomic E-state index is -1.28. The fourth-order valence-corrected chi connectivity index (χ4v) is 2.73. The average molecular weight is 294 g/mol. The number of hydrogen-bond acceptors (Lipinski definition) is 5. The highest BCUT2D eigenvalue weighted by Crippen LogP contribution is 2.34. The maximum atomic E-state index is 11.3. The fraction of sp³-hybridized carbons (Fsp3) is 0.500. The number of nitro groups is 1. The van der Waals surface area contributed by atoms with Crippen molar-refractivity contribution in [1.29, 1.82) is 0 Å². The molecule has 1 saturated heterocycles. The second-order valence-electron chi connectivity index (χ2n) is 5.12. The van der Waals surface area contributed by atoms with Crippen LogP contribution >= 0.6 is 0 Å². The molecule has 0 spiro atoms. The molecule has 0 bridgehead atoms. The Morgan fingerprint density at radius 1 is 1.48 bits per heavy atom. The first kappa shape index (κ1) is 15.2. The first-order valence-electron chi connectivity index (χ1n) is 6.79. The Morgan fingerprint density at radius 3 is 2.67 bits per heavy atom. The normalized spacial score (nSPS) is 16.0. The SMILES string of the molecule is COCC1CCN(c2cccc(C(=O)O)c2[N+](=O)[O-])CC1. The molecule has 7 nitrogen and oxygen atoms in total. The lowest BCUT2D eigenvalue weighted by Gasteiger charge is -2.33. The van der Waals surface area contributed by atoms with Gasteiger partial charge in [0.2, 0.25) is 0 Å². The third-order valence-corrected chi connectivity index (χ3v) is 3.79. The minimum Gasteiger partial charge on any atom is -0.477 e. The maximum absolute atomic E-state index is 11.3. The van der Waals surface area contributed by atoms with E-state index in [1.165, 1.54) is 6.07 Å². The number of nitrogens with zero attached hydrogens (tertiary/aromatic N) is 2. The lowest BCUT2D eigenvalue weighted by molar-refractivity contribution is -0.384. The van der Waals surface area contributed by atoms with Gasteiger partial charge in [-0.3, -0.25) is 10.1 Å². The van der Waals surface area contributed by atoms with Gasteiger partial charge in [0.1, 0.15) is 11.3 Å². The summed E-state index contributed by atoms with van der Waals surface area (Å²) < 4.78 is 5.13. The van der Waals surface area contributed by atoms with E-state index in [4.69, 9.17) is 9.84 Å². The monoisotopic (exact) mass is 294 g/mol. The number of carboxylic acids is 1. The fourth-order valence-electron chi connectivity index (χ4n) is 2.73. The van der Waals surface area contributed by atoms with E-state index in [2.05, 4.69) is 0 Å². The molecule has 0 unspecified atom stereocenters. The van der Waals surface area contributed by atoms with Gasteiger partial charge in [0.05, 0.1) is 4.92 Å². The number of rotatable bonds is 5. The zero-order valence-corrected chi connectivity index (χ0v) is 11.8. The van der Waals surface area contributed by atoms with Crippen LogP contribution in [0, 0.1) is 16.0 Å². The van der Waals surface area contributed by atoms with Gasteiger partial charge in [0.25, 0.3) is 0 Å². The van der Waals surface area contributed by atoms with E-state index >= 15 is 0 Å². The third-order valence-electron chi connectivity index (χ3n) is 3.79. The Balaban J connectivity index is 2.26. The Morgan fingerprint density at radius 2 is 2.14 bits per heavy atom. The summed E-state index contributed by atoms with van der Waals surface area (Å²) in [4.78, 5) is 23.7. The molecule has 1 aliphatic heterocycles. The van der Waals surface area contributed by atoms with Crippen LogP contribution in [0.4, 0.5) is 11.4 Å². The standard InChI is InChI=1S/C14H18N2O5/c1-21-9-10-5-7-15(8-6-10)12-4-2-3-11(14(17)18)13(12)16(19)20/h2-4,10H,5-9H2,1H3,(H,17,18). The van der Waals surface area contributed by atoms with Crippen LogP contribution in [0.25, 0.3) is 0 Å². The zero-order valence-electron chi connectivity index (χ0n) is 11.8. The van der Waals surface area contributed by atoms with Gasteiger partial charge in [-0.25, -0.2) is 4.79 Å². The average Bonchev–Trinajstić information content (AvgIpc) is 2.47. The lowest BCUT2D eigenvalue weighted by Crippen LogP contribution is -2.35. The van der Waals surface area contributed by atoms with Crippen molar-refractivity contribution in [2.45, 2.75) is 12.8 Å². The Hall–Kier alpha value is -2.15. The smallest absolute Gasteiger partial charge is 0.342 e. The summed E-state index contributed by atoms with van der Waals surface area (Å²) in [6.45, 7) is 2.01. The van der Waals surface area contributed by atoms with E-state index in [9.17, 15) is 14.9 Å². The molecule has 114 valence electrons. The van der Waals surface area contributed by atoms with E-state index in [1.807, 2.05) is 4.90 Å². The van der Waals surface area contributed by atoms with Crippen molar-refractivity contribution in [1.82, 2.24) is 0 Å². The molecular weight excluding hydrogens is 276 g/mol. The van der Waals surface area contributed by atoms with Crippen molar-refractivity contribution in [3.8, 4) is 0 Å². The Kier molecular flexibility index (Phi) is 4.74. The van der Waals surface area contributed by atoms with Gasteiger partial charge in [-0.2, -0.15) is 0 Å². The van der Waals surface area contributed by atoms with Crippen LogP contribution < -0.4 is 4.90 Å². The molecule has 1 fully saturated rings. The van der Waals surface area contributed by atoms with Crippen LogP contribution in [-0.2, 0) is 4.74 Å². The summed E-state index contributed by atoms with van der Waals surface area (Å²) in [5, 5.41) is 20.4. The van der Waals surface area contributed by atoms with Gasteiger partial charge in [-0.15, -0.1) is 0 Å². The summed E-state index contributed by atoms with van der Waals surface area (Å²) in [7, 11) is 1.66. The quantitative estimate of drug-likeness (QED) is 0.660. The van der Waals surface area contributed by atoms with Gasteiger partial charge in [0, 0.05) is 26.8 Å². The molecule has 7 heteroatoms. The molecular formula is C14H18N2O5. The topological polar surface area (TPSA) is 92.9 Å². The van der Waals surface area contributed by atoms with Crippen LogP contribution in [0.2, 0.25) is 0 Å². The van der Waals surface area contributed by atoms with Gasteiger partial charge in [-0.05, 0) is 30.9 Å². The number of piperidine rings is 1. The minimum absolute atomic E-state index is 0.267. The number of aromatic carboxylic acids is 1. The largest absolute Gasteiger partial charge is 0.477 e. The molecule has 1 aromatic rings. The van der Waals surface area contributed by atoms with Crippen molar-refractivity contribution in [2.24, 2.45) is 5.92 Å². The molecule has 1 aromatic carbocycles. The maximum Gasteiger partial charge on any atom is 0.342 e. The number of nitro benzene ring substituents is 1. The Bertz CT molecular complexity index is 538. The molecule has 1 aliphatic rings. The Labute approximate surface area is 122 Å². The zero-order chi connectivity index (χ0) is 15.4. The molecule has 21 heavy (non-hydrogen) atoms. The lowest BCUT2D eigenvalue weighted by atomic mass is 9.97. The summed E-state index contributed by atoms with van der Waals surface area (Å²) in [5.74, 6) is -0.828. The van der Waals surface area contributed by atoms with Gasteiger partial charge in [0.15, 0.2) is 0 Å². The van der Waals surface area contributed by atoms with E-state index in [-0.39, 0.29) is 11.3 Å². The molecule has 1 N–H and O–H groups in total. The second kappa shape index (κ2) is 6.53. The van der Waals surface area contributed by atoms with Crippen LogP contribution in [-0.4, -0.2) is 42.8 Å². The van der Waals surface area contributed by atoms with E-state index in [0.29, 0.717) is 31.3 Å². The number of carbonyl (C=O) groups is 1. The number of ether oxygens (including phenoxy) is 1. The van der Waals surface area contributed by atoms with E-state index in [0.717, 1.165) is 12.8 Å². The molecule has 0 atom stereocenters. The molecule has 0 amide bonds. The van der Waals surface area contributed by atoms with Crippen molar-refractivity contribution in [2.75, 3.05) is 31.7 Å². The highest BCUT2D eigenvalue weighted by atomic mass is 16.6. The van der Waals surface area contributed by atoms with Crippen LogP contribution in [0.15, 0.2) is 18.2 Å². The van der Waals surface area contributed by atoms with Crippen molar-refractivity contribution < 1.29 is 19.6 Å². The summed E-state index contributed by atoms with van der Waals surface area (Å²) in [5.41, 5.74) is -0.206. The number of anilines is 1. The first-order valence-corrected chi connectivity index (χ1v) is 6.79. The van der Waals surface area contributed by atoms with Crippen LogP contribution in [0.3, 0.4) is 0 Å². The molecule has 0 aliphatic carbocycles. The third kappa shape index (κ3) is 3.30. The number of carboxylic acid groups (broad SMARTS) is 1. The summed E-state index contributed by atoms with van der Waals surface area (Å²) in [6, 6.07) is 4.43. The number of hydrogen-bond donors (Lipinski definition) is 1. The molecule has 1 heterocycles. The molecule has 0 radical (unpaired) electrons. The number of para-hydroxylation sites is 1. The van der Waals surface area contributed by atoms with Gasteiger partial charge < -0.3 is 14.7 Å². The second-order valence-corrected chi connectivity index (χ2v) is 5.12.